The molecule has 0 saturated carbocycles. The minimum atomic E-state index is 0.168. The van der Waals surface area contributed by atoms with E-state index in [1.807, 2.05) is 0 Å². The monoisotopic (exact) mass is 340 g/mol. The van der Waals surface area contributed by atoms with E-state index in [4.69, 9.17) is 12.2 Å². The Bertz CT molecular complexity index is 671. The van der Waals surface area contributed by atoms with Crippen LogP contribution in [0.3, 0.4) is 0 Å². The molecule has 0 radical (unpaired) electrons. The number of rotatable bonds is 5. The van der Waals surface area contributed by atoms with Crippen molar-refractivity contribution in [3.8, 4) is 0 Å². The lowest BCUT2D eigenvalue weighted by atomic mass is 9.96. The van der Waals surface area contributed by atoms with E-state index in [2.05, 4.69) is 87.7 Å². The number of nitrogens with one attached hydrogen (secondary N) is 2. The molecular weight excluding hydrogens is 312 g/mol. The molecule has 24 heavy (non-hydrogen) atoms. The van der Waals surface area contributed by atoms with Crippen LogP contribution in [-0.4, -0.2) is 5.11 Å². The van der Waals surface area contributed by atoms with Crippen molar-refractivity contribution in [2.45, 2.75) is 53.0 Å². The van der Waals surface area contributed by atoms with Crippen molar-refractivity contribution in [2.75, 3.05) is 5.32 Å². The Kier molecular flexibility index (Phi) is 6.38. The van der Waals surface area contributed by atoms with Crippen molar-refractivity contribution >= 4 is 23.0 Å². The molecule has 0 saturated heterocycles. The van der Waals surface area contributed by atoms with Gasteiger partial charge >= 0.3 is 0 Å². The number of anilines is 1. The maximum absolute atomic E-state index is 5.46. The van der Waals surface area contributed by atoms with Gasteiger partial charge in [0.05, 0.1) is 6.04 Å². The third-order valence-corrected chi connectivity index (χ3v) is 4.66. The van der Waals surface area contributed by atoms with Gasteiger partial charge in [0.15, 0.2) is 5.11 Å². The second-order valence-electron chi connectivity index (χ2n) is 6.67. The number of hydrogen-bond donors (Lipinski definition) is 2. The van der Waals surface area contributed by atoms with Gasteiger partial charge in [-0.1, -0.05) is 44.2 Å². The Morgan fingerprint density at radius 2 is 1.50 bits per heavy atom. The van der Waals surface area contributed by atoms with Crippen molar-refractivity contribution in [3.63, 3.8) is 0 Å². The van der Waals surface area contributed by atoms with Crippen LogP contribution in [0.25, 0.3) is 0 Å². The average molecular weight is 341 g/mol. The zero-order valence-electron chi connectivity index (χ0n) is 15.3. The third-order valence-electron chi connectivity index (χ3n) is 4.45. The summed E-state index contributed by atoms with van der Waals surface area (Å²) in [6.45, 7) is 10.8. The molecule has 2 rings (SSSR count). The normalized spacial score (nSPS) is 13.2. The van der Waals surface area contributed by atoms with Crippen LogP contribution < -0.4 is 10.6 Å². The summed E-state index contributed by atoms with van der Waals surface area (Å²) in [5.74, 6) is 0.606. The number of benzene rings is 2. The van der Waals surface area contributed by atoms with Gasteiger partial charge in [0, 0.05) is 5.69 Å². The van der Waals surface area contributed by atoms with Crippen LogP contribution in [0, 0.1) is 13.8 Å². The summed E-state index contributed by atoms with van der Waals surface area (Å²) in [6.07, 6.45) is 1.16. The van der Waals surface area contributed by atoms with Crippen LogP contribution in [0.4, 0.5) is 5.69 Å². The van der Waals surface area contributed by atoms with E-state index in [1.54, 1.807) is 0 Å². The standard InChI is InChI=1S/C21H28N2S/c1-6-16(4)18-7-9-19(10-8-18)17(5)22-21(24)23-20-12-14(2)11-15(3)13-20/h7-13,16-17H,6H2,1-5H3,(H2,22,23,24). The maximum Gasteiger partial charge on any atom is 0.171 e. The molecule has 0 aromatic heterocycles. The first kappa shape index (κ1) is 18.5. The van der Waals surface area contributed by atoms with E-state index in [1.165, 1.54) is 22.3 Å². The van der Waals surface area contributed by atoms with Gasteiger partial charge in [0.2, 0.25) is 0 Å². The fourth-order valence-corrected chi connectivity index (χ4v) is 3.14. The zero-order chi connectivity index (χ0) is 17.7. The lowest BCUT2D eigenvalue weighted by molar-refractivity contribution is 0.713. The first-order valence-corrected chi connectivity index (χ1v) is 9.05. The summed E-state index contributed by atoms with van der Waals surface area (Å²) >= 11 is 5.46. The highest BCUT2D eigenvalue weighted by molar-refractivity contribution is 7.80. The number of aryl methyl sites for hydroxylation is 2. The van der Waals surface area contributed by atoms with Gasteiger partial charge < -0.3 is 10.6 Å². The highest BCUT2D eigenvalue weighted by Crippen LogP contribution is 2.21. The topological polar surface area (TPSA) is 24.1 Å². The van der Waals surface area contributed by atoms with Crippen molar-refractivity contribution in [1.82, 2.24) is 5.32 Å². The summed E-state index contributed by atoms with van der Waals surface area (Å²) < 4.78 is 0. The average Bonchev–Trinajstić information content (AvgIpc) is 2.53. The fourth-order valence-electron chi connectivity index (χ4n) is 2.84. The molecule has 0 bridgehead atoms. The second-order valence-corrected chi connectivity index (χ2v) is 7.08. The molecular formula is C21H28N2S. The first-order valence-electron chi connectivity index (χ1n) is 8.64. The molecule has 0 amide bonds. The highest BCUT2D eigenvalue weighted by atomic mass is 32.1. The minimum absolute atomic E-state index is 0.168. The molecule has 0 aliphatic rings. The van der Waals surface area contributed by atoms with Crippen LogP contribution in [0.2, 0.25) is 0 Å². The Morgan fingerprint density at radius 3 is 2.04 bits per heavy atom. The van der Waals surface area contributed by atoms with Crippen molar-refractivity contribution in [1.29, 1.82) is 0 Å². The Labute approximate surface area is 151 Å². The summed E-state index contributed by atoms with van der Waals surface area (Å²) in [5.41, 5.74) is 6.13. The third kappa shape index (κ3) is 5.07. The molecule has 0 aliphatic carbocycles. The van der Waals surface area contributed by atoms with Crippen LogP contribution in [0.1, 0.15) is 61.4 Å². The van der Waals surface area contributed by atoms with Gasteiger partial charge in [-0.25, -0.2) is 0 Å². The van der Waals surface area contributed by atoms with Crippen molar-refractivity contribution in [2.24, 2.45) is 0 Å². The highest BCUT2D eigenvalue weighted by Gasteiger charge is 2.09. The van der Waals surface area contributed by atoms with Gasteiger partial charge in [-0.3, -0.25) is 0 Å². The molecule has 128 valence electrons. The summed E-state index contributed by atoms with van der Waals surface area (Å²) in [5, 5.41) is 7.30. The number of thiocarbonyl (C=S) groups is 1. The summed E-state index contributed by atoms with van der Waals surface area (Å²) in [4.78, 5) is 0. The quantitative estimate of drug-likeness (QED) is 0.666. The minimum Gasteiger partial charge on any atom is -0.356 e. The lowest BCUT2D eigenvalue weighted by Gasteiger charge is -2.19. The van der Waals surface area contributed by atoms with Crippen LogP contribution in [0.5, 0.6) is 0 Å². The summed E-state index contributed by atoms with van der Waals surface area (Å²) in [6, 6.07) is 15.4. The van der Waals surface area contributed by atoms with E-state index in [9.17, 15) is 0 Å². The maximum atomic E-state index is 5.46. The van der Waals surface area contributed by atoms with Gasteiger partial charge in [-0.15, -0.1) is 0 Å². The molecule has 2 atom stereocenters. The van der Waals surface area contributed by atoms with Crippen LogP contribution in [-0.2, 0) is 0 Å². The van der Waals surface area contributed by atoms with E-state index in [0.29, 0.717) is 11.0 Å². The van der Waals surface area contributed by atoms with Gasteiger partial charge in [0.1, 0.15) is 0 Å². The van der Waals surface area contributed by atoms with E-state index in [-0.39, 0.29) is 6.04 Å². The van der Waals surface area contributed by atoms with Crippen LogP contribution in [0.15, 0.2) is 42.5 Å². The Morgan fingerprint density at radius 1 is 0.958 bits per heavy atom. The molecule has 0 aliphatic heterocycles. The zero-order valence-corrected chi connectivity index (χ0v) is 16.1. The first-order chi connectivity index (χ1) is 11.4. The fraction of sp³-hybridized carbons (Fsp3) is 0.381. The van der Waals surface area contributed by atoms with E-state index < -0.39 is 0 Å². The number of hydrogen-bond acceptors (Lipinski definition) is 1. The molecule has 2 aromatic carbocycles. The van der Waals surface area contributed by atoms with Gasteiger partial charge in [-0.2, -0.15) is 0 Å². The van der Waals surface area contributed by atoms with Crippen molar-refractivity contribution < 1.29 is 0 Å². The molecule has 2 nitrogen and oxygen atoms in total. The predicted octanol–water partition coefficient (Wildman–Crippen LogP) is 5.86. The molecule has 3 heteroatoms. The summed E-state index contributed by atoms with van der Waals surface area (Å²) in [7, 11) is 0. The lowest BCUT2D eigenvalue weighted by Crippen LogP contribution is -2.30. The van der Waals surface area contributed by atoms with E-state index >= 15 is 0 Å². The predicted molar refractivity (Wildman–Crippen MR) is 109 cm³/mol. The largest absolute Gasteiger partial charge is 0.356 e. The Balaban J connectivity index is 1.98. The smallest absolute Gasteiger partial charge is 0.171 e. The van der Waals surface area contributed by atoms with E-state index in [0.717, 1.165) is 12.1 Å². The SMILES string of the molecule is CCC(C)c1ccc(C(C)NC(=S)Nc2cc(C)cc(C)c2)cc1. The van der Waals surface area contributed by atoms with Gasteiger partial charge in [-0.05, 0) is 79.7 Å². The molecule has 2 N–H and O–H groups in total. The molecule has 2 aromatic rings. The van der Waals surface area contributed by atoms with Crippen molar-refractivity contribution in [3.05, 3.63) is 64.7 Å². The molecule has 0 heterocycles. The Hall–Kier alpha value is -1.87. The molecule has 2 unspecified atom stereocenters. The van der Waals surface area contributed by atoms with Gasteiger partial charge in [0.25, 0.3) is 0 Å². The molecule has 0 fully saturated rings. The second kappa shape index (κ2) is 8.29. The van der Waals surface area contributed by atoms with Crippen LogP contribution >= 0.6 is 12.2 Å². The molecule has 0 spiro atoms.